The van der Waals surface area contributed by atoms with Gasteiger partial charge in [-0.25, -0.2) is 0 Å². The predicted molar refractivity (Wildman–Crippen MR) is 117 cm³/mol. The number of anilines is 1. The second kappa shape index (κ2) is 8.43. The molecule has 0 radical (unpaired) electrons. The maximum Gasteiger partial charge on any atom is 0.269 e. The van der Waals surface area contributed by atoms with Crippen molar-refractivity contribution in [3.8, 4) is 0 Å². The Hall–Kier alpha value is -4.33. The largest absolute Gasteiger partial charge is 0.324 e. The zero-order chi connectivity index (χ0) is 22.8. The monoisotopic (exact) mass is 429 g/mol. The van der Waals surface area contributed by atoms with Gasteiger partial charge in [-0.05, 0) is 42.3 Å². The topological polar surface area (TPSA) is 110 Å². The van der Waals surface area contributed by atoms with Gasteiger partial charge < -0.3 is 5.32 Å². The number of aryl methyl sites for hydroxylation is 1. The lowest BCUT2D eigenvalue weighted by Gasteiger charge is -2.25. The van der Waals surface area contributed by atoms with Crippen molar-refractivity contribution in [2.75, 3.05) is 5.32 Å². The zero-order valence-corrected chi connectivity index (χ0v) is 17.1. The van der Waals surface area contributed by atoms with Crippen LogP contribution in [0.25, 0.3) is 0 Å². The van der Waals surface area contributed by atoms with Gasteiger partial charge in [0.2, 0.25) is 5.91 Å². The molecular weight excluding hydrogens is 410 g/mol. The van der Waals surface area contributed by atoms with Gasteiger partial charge in [-0.3, -0.25) is 29.4 Å². The maximum absolute atomic E-state index is 13.3. The molecule has 0 spiro atoms. The van der Waals surface area contributed by atoms with Crippen LogP contribution in [-0.2, 0) is 11.2 Å². The fourth-order valence-electron chi connectivity index (χ4n) is 3.72. The second-order valence-corrected chi connectivity index (χ2v) is 7.53. The van der Waals surface area contributed by atoms with E-state index in [0.717, 1.165) is 10.5 Å². The van der Waals surface area contributed by atoms with Crippen molar-refractivity contribution in [3.63, 3.8) is 0 Å². The van der Waals surface area contributed by atoms with Crippen LogP contribution in [0.15, 0.2) is 72.8 Å². The highest BCUT2D eigenvalue weighted by Crippen LogP contribution is 2.27. The van der Waals surface area contributed by atoms with Crippen LogP contribution in [0.2, 0.25) is 0 Å². The molecule has 3 aromatic carbocycles. The van der Waals surface area contributed by atoms with E-state index in [-0.39, 0.29) is 23.2 Å². The fourth-order valence-corrected chi connectivity index (χ4v) is 3.72. The summed E-state index contributed by atoms with van der Waals surface area (Å²) in [5, 5.41) is 13.7. The summed E-state index contributed by atoms with van der Waals surface area (Å²) < 4.78 is 0. The van der Waals surface area contributed by atoms with E-state index in [9.17, 15) is 24.5 Å². The number of hydrogen-bond donors (Lipinski definition) is 1. The Morgan fingerprint density at radius 3 is 2.16 bits per heavy atom. The van der Waals surface area contributed by atoms with Crippen LogP contribution in [-0.4, -0.2) is 33.6 Å². The average Bonchev–Trinajstić information content (AvgIpc) is 3.03. The molecule has 0 bridgehead atoms. The van der Waals surface area contributed by atoms with Gasteiger partial charge >= 0.3 is 0 Å². The lowest BCUT2D eigenvalue weighted by molar-refractivity contribution is -0.384. The molecule has 1 aliphatic heterocycles. The molecule has 1 heterocycles. The van der Waals surface area contributed by atoms with E-state index in [4.69, 9.17) is 0 Å². The number of imide groups is 1. The summed E-state index contributed by atoms with van der Waals surface area (Å²) in [4.78, 5) is 50.7. The van der Waals surface area contributed by atoms with E-state index < -0.39 is 28.7 Å². The lowest BCUT2D eigenvalue weighted by atomic mass is 10.0. The summed E-state index contributed by atoms with van der Waals surface area (Å²) in [6, 6.07) is 18.1. The van der Waals surface area contributed by atoms with E-state index in [0.29, 0.717) is 11.3 Å². The molecule has 160 valence electrons. The molecule has 8 nitrogen and oxygen atoms in total. The summed E-state index contributed by atoms with van der Waals surface area (Å²) in [6.07, 6.45) is 0.0150. The standard InChI is InChI=1S/C24H19N3O5/c1-15-5-4-6-17(13-15)25-22(28)21(14-16-9-11-18(12-10-16)27(31)32)26-23(29)19-7-2-3-8-20(19)24(26)30/h2-13,21H,14H2,1H3,(H,25,28)/t21-/m0/s1. The highest BCUT2D eigenvalue weighted by atomic mass is 16.6. The Kier molecular flexibility index (Phi) is 5.51. The normalized spacial score (nSPS) is 13.6. The minimum absolute atomic E-state index is 0.0150. The minimum atomic E-state index is -1.13. The third-order valence-electron chi connectivity index (χ3n) is 5.30. The molecule has 1 atom stereocenters. The van der Waals surface area contributed by atoms with Crippen molar-refractivity contribution >= 4 is 29.1 Å². The van der Waals surface area contributed by atoms with E-state index in [1.807, 2.05) is 13.0 Å². The first kappa shape index (κ1) is 20.9. The van der Waals surface area contributed by atoms with Crippen molar-refractivity contribution in [2.24, 2.45) is 0 Å². The van der Waals surface area contributed by atoms with Crippen molar-refractivity contribution in [3.05, 3.63) is 105 Å². The summed E-state index contributed by atoms with van der Waals surface area (Å²) in [6.45, 7) is 1.88. The van der Waals surface area contributed by atoms with Gasteiger partial charge in [0, 0.05) is 24.2 Å². The SMILES string of the molecule is Cc1cccc(NC(=O)[C@H](Cc2ccc([N+](=O)[O-])cc2)N2C(=O)c3ccccc3C2=O)c1. The van der Waals surface area contributed by atoms with Crippen LogP contribution < -0.4 is 5.32 Å². The van der Waals surface area contributed by atoms with Crippen LogP contribution >= 0.6 is 0 Å². The molecule has 0 unspecified atom stereocenters. The zero-order valence-electron chi connectivity index (χ0n) is 17.1. The Morgan fingerprint density at radius 2 is 1.59 bits per heavy atom. The molecule has 0 fully saturated rings. The van der Waals surface area contributed by atoms with Gasteiger partial charge in [0.15, 0.2) is 0 Å². The van der Waals surface area contributed by atoms with Crippen molar-refractivity contribution in [1.82, 2.24) is 4.90 Å². The van der Waals surface area contributed by atoms with E-state index in [1.54, 1.807) is 42.5 Å². The number of hydrogen-bond acceptors (Lipinski definition) is 5. The van der Waals surface area contributed by atoms with Gasteiger partial charge in [-0.2, -0.15) is 0 Å². The number of nitrogens with one attached hydrogen (secondary N) is 1. The van der Waals surface area contributed by atoms with Crippen LogP contribution in [0.3, 0.4) is 0 Å². The summed E-state index contributed by atoms with van der Waals surface area (Å²) in [5.74, 6) is -1.61. The Bertz CT molecular complexity index is 1200. The third kappa shape index (κ3) is 3.98. The van der Waals surface area contributed by atoms with Crippen LogP contribution in [0, 0.1) is 17.0 Å². The third-order valence-corrected chi connectivity index (χ3v) is 5.30. The molecule has 0 aliphatic carbocycles. The van der Waals surface area contributed by atoms with Gasteiger partial charge in [-0.1, -0.05) is 36.4 Å². The number of nitro benzene ring substituents is 1. The predicted octanol–water partition coefficient (Wildman–Crippen LogP) is 3.75. The molecule has 3 aromatic rings. The second-order valence-electron chi connectivity index (χ2n) is 7.53. The van der Waals surface area contributed by atoms with Gasteiger partial charge in [0.1, 0.15) is 6.04 Å². The summed E-state index contributed by atoms with van der Waals surface area (Å²) in [5.41, 5.74) is 2.46. The van der Waals surface area contributed by atoms with E-state index in [1.165, 1.54) is 24.3 Å². The van der Waals surface area contributed by atoms with E-state index >= 15 is 0 Å². The highest BCUT2D eigenvalue weighted by molar-refractivity contribution is 6.23. The number of benzene rings is 3. The smallest absolute Gasteiger partial charge is 0.269 e. The maximum atomic E-state index is 13.3. The van der Waals surface area contributed by atoms with Crippen LogP contribution in [0.1, 0.15) is 31.8 Å². The number of nitro groups is 1. The number of carbonyl (C=O) groups is 3. The molecule has 0 aromatic heterocycles. The first-order valence-corrected chi connectivity index (χ1v) is 9.93. The van der Waals surface area contributed by atoms with E-state index in [2.05, 4.69) is 5.32 Å². The first-order valence-electron chi connectivity index (χ1n) is 9.93. The Labute approximate surface area is 183 Å². The number of carbonyl (C=O) groups excluding carboxylic acids is 3. The van der Waals surface area contributed by atoms with Crippen LogP contribution in [0.4, 0.5) is 11.4 Å². The average molecular weight is 429 g/mol. The summed E-state index contributed by atoms with van der Waals surface area (Å²) in [7, 11) is 0. The quantitative estimate of drug-likeness (QED) is 0.365. The Morgan fingerprint density at radius 1 is 0.969 bits per heavy atom. The first-order chi connectivity index (χ1) is 15.3. The molecular formula is C24H19N3O5. The number of amides is 3. The molecule has 0 saturated carbocycles. The number of rotatable bonds is 6. The number of non-ortho nitro benzene ring substituents is 1. The molecule has 8 heteroatoms. The molecule has 1 N–H and O–H groups in total. The van der Waals surface area contributed by atoms with Crippen molar-refractivity contribution in [2.45, 2.75) is 19.4 Å². The molecule has 4 rings (SSSR count). The summed E-state index contributed by atoms with van der Waals surface area (Å²) >= 11 is 0. The molecule has 3 amide bonds. The van der Waals surface area contributed by atoms with Gasteiger partial charge in [0.25, 0.3) is 17.5 Å². The molecule has 32 heavy (non-hydrogen) atoms. The minimum Gasteiger partial charge on any atom is -0.324 e. The molecule has 1 aliphatic rings. The van der Waals surface area contributed by atoms with Crippen molar-refractivity contribution < 1.29 is 19.3 Å². The number of nitrogens with zero attached hydrogens (tertiary/aromatic N) is 2. The number of fused-ring (bicyclic) bond motifs is 1. The highest BCUT2D eigenvalue weighted by Gasteiger charge is 2.42. The lowest BCUT2D eigenvalue weighted by Crippen LogP contribution is -2.48. The molecule has 0 saturated heterocycles. The fraction of sp³-hybridized carbons (Fsp3) is 0.125. The Balaban J connectivity index is 1.68. The van der Waals surface area contributed by atoms with Crippen LogP contribution in [0.5, 0.6) is 0 Å². The van der Waals surface area contributed by atoms with Gasteiger partial charge in [-0.15, -0.1) is 0 Å². The van der Waals surface area contributed by atoms with Gasteiger partial charge in [0.05, 0.1) is 16.1 Å². The van der Waals surface area contributed by atoms with Crippen molar-refractivity contribution in [1.29, 1.82) is 0 Å².